The van der Waals surface area contributed by atoms with Gasteiger partial charge >= 0.3 is 0 Å². The van der Waals surface area contributed by atoms with Crippen molar-refractivity contribution in [2.45, 2.75) is 13.0 Å². The van der Waals surface area contributed by atoms with Gasteiger partial charge in [0.2, 0.25) is 0 Å². The number of nitrogens with zero attached hydrogens (tertiary/aromatic N) is 1. The van der Waals surface area contributed by atoms with E-state index in [0.29, 0.717) is 32.1 Å². The number of rotatable bonds is 4. The molecule has 5 nitrogen and oxygen atoms in total. The Morgan fingerprint density at radius 1 is 1.50 bits per heavy atom. The monoisotopic (exact) mass is 342 g/mol. The van der Waals surface area contributed by atoms with Crippen LogP contribution in [0, 0.1) is 0 Å². The molecule has 1 amide bonds. The first-order chi connectivity index (χ1) is 9.58. The van der Waals surface area contributed by atoms with E-state index in [0.717, 1.165) is 10.0 Å². The number of ether oxygens (including phenoxy) is 2. The summed E-state index contributed by atoms with van der Waals surface area (Å²) < 4.78 is 11.8. The van der Waals surface area contributed by atoms with E-state index in [1.807, 2.05) is 25.1 Å². The molecule has 0 radical (unpaired) electrons. The highest BCUT2D eigenvalue weighted by Crippen LogP contribution is 2.27. The Bertz CT molecular complexity index is 473. The smallest absolute Gasteiger partial charge is 0.260 e. The molecule has 1 saturated heterocycles. The third-order valence-electron chi connectivity index (χ3n) is 3.18. The van der Waals surface area contributed by atoms with Gasteiger partial charge in [-0.25, -0.2) is 0 Å². The number of morpholine rings is 1. The first-order valence-electron chi connectivity index (χ1n) is 6.61. The third kappa shape index (κ3) is 3.94. The van der Waals surface area contributed by atoms with Crippen LogP contribution >= 0.6 is 15.9 Å². The van der Waals surface area contributed by atoms with Gasteiger partial charge in [-0.05, 0) is 19.1 Å². The predicted octanol–water partition coefficient (Wildman–Crippen LogP) is 1.71. The van der Waals surface area contributed by atoms with E-state index in [4.69, 9.17) is 15.2 Å². The van der Waals surface area contributed by atoms with Crippen molar-refractivity contribution in [1.82, 2.24) is 4.90 Å². The van der Waals surface area contributed by atoms with Gasteiger partial charge in [0, 0.05) is 29.2 Å². The molecule has 110 valence electrons. The summed E-state index contributed by atoms with van der Waals surface area (Å²) in [6, 6.07) is 5.51. The van der Waals surface area contributed by atoms with Crippen molar-refractivity contribution in [2.75, 3.05) is 32.9 Å². The molecule has 2 N–H and O–H groups in total. The average molecular weight is 343 g/mol. The van der Waals surface area contributed by atoms with E-state index in [9.17, 15) is 4.79 Å². The van der Waals surface area contributed by atoms with E-state index in [1.165, 1.54) is 0 Å². The molecule has 0 spiro atoms. The molecule has 2 rings (SSSR count). The normalized spacial score (nSPS) is 16.9. The van der Waals surface area contributed by atoms with Gasteiger partial charge in [-0.15, -0.1) is 0 Å². The van der Waals surface area contributed by atoms with Gasteiger partial charge in [-0.3, -0.25) is 4.79 Å². The number of carbonyl (C=O) groups is 1. The highest BCUT2D eigenvalue weighted by Gasteiger charge is 2.18. The first kappa shape index (κ1) is 15.3. The van der Waals surface area contributed by atoms with Crippen LogP contribution in [0.5, 0.6) is 5.75 Å². The molecular weight excluding hydrogens is 324 g/mol. The molecule has 1 atom stereocenters. The summed E-state index contributed by atoms with van der Waals surface area (Å²) in [5.74, 6) is 0.625. The summed E-state index contributed by atoms with van der Waals surface area (Å²) in [5, 5.41) is 0. The molecule has 1 fully saturated rings. The van der Waals surface area contributed by atoms with Crippen molar-refractivity contribution in [1.29, 1.82) is 0 Å². The topological polar surface area (TPSA) is 64.8 Å². The summed E-state index contributed by atoms with van der Waals surface area (Å²) in [7, 11) is 0. The zero-order valence-electron chi connectivity index (χ0n) is 11.5. The van der Waals surface area contributed by atoms with Crippen molar-refractivity contribution < 1.29 is 14.3 Å². The molecule has 1 aliphatic heterocycles. The van der Waals surface area contributed by atoms with Crippen LogP contribution in [-0.2, 0) is 9.53 Å². The fraction of sp³-hybridized carbons (Fsp3) is 0.500. The Morgan fingerprint density at radius 3 is 2.85 bits per heavy atom. The fourth-order valence-corrected chi connectivity index (χ4v) is 2.39. The number of halogens is 1. The lowest BCUT2D eigenvalue weighted by Gasteiger charge is -2.27. The van der Waals surface area contributed by atoms with Gasteiger partial charge in [-0.2, -0.15) is 0 Å². The number of hydrogen-bond acceptors (Lipinski definition) is 4. The highest BCUT2D eigenvalue weighted by molar-refractivity contribution is 9.10. The maximum absolute atomic E-state index is 12.0. The molecule has 0 bridgehead atoms. The van der Waals surface area contributed by atoms with Crippen LogP contribution in [0.1, 0.15) is 18.5 Å². The molecule has 1 aromatic carbocycles. The van der Waals surface area contributed by atoms with E-state index < -0.39 is 0 Å². The van der Waals surface area contributed by atoms with Gasteiger partial charge in [0.25, 0.3) is 5.91 Å². The number of nitrogens with two attached hydrogens (primary N) is 1. The Hall–Kier alpha value is -1.11. The molecule has 1 aliphatic rings. The Labute approximate surface area is 127 Å². The highest BCUT2D eigenvalue weighted by atomic mass is 79.9. The second kappa shape index (κ2) is 7.06. The molecule has 0 aromatic heterocycles. The van der Waals surface area contributed by atoms with Gasteiger partial charge in [0.05, 0.1) is 13.2 Å². The zero-order valence-corrected chi connectivity index (χ0v) is 13.1. The Morgan fingerprint density at radius 2 is 2.20 bits per heavy atom. The Balaban J connectivity index is 1.99. The molecular formula is C14H19BrN2O3. The molecule has 0 saturated carbocycles. The predicted molar refractivity (Wildman–Crippen MR) is 79.6 cm³/mol. The summed E-state index contributed by atoms with van der Waals surface area (Å²) in [6.07, 6.45) is 0. The summed E-state index contributed by atoms with van der Waals surface area (Å²) in [4.78, 5) is 13.8. The van der Waals surface area contributed by atoms with Crippen molar-refractivity contribution in [2.24, 2.45) is 5.73 Å². The van der Waals surface area contributed by atoms with E-state index >= 15 is 0 Å². The Kier molecular flexibility index (Phi) is 5.39. The van der Waals surface area contributed by atoms with Crippen LogP contribution in [0.2, 0.25) is 0 Å². The van der Waals surface area contributed by atoms with E-state index in [-0.39, 0.29) is 18.6 Å². The second-order valence-corrected chi connectivity index (χ2v) is 5.67. The summed E-state index contributed by atoms with van der Waals surface area (Å²) in [6.45, 7) is 4.35. The largest absolute Gasteiger partial charge is 0.483 e. The molecule has 1 aromatic rings. The number of carbonyl (C=O) groups excluding carboxylic acids is 1. The number of benzene rings is 1. The maximum atomic E-state index is 12.0. The van der Waals surface area contributed by atoms with Crippen LogP contribution in [0.25, 0.3) is 0 Å². The number of hydrogen-bond donors (Lipinski definition) is 1. The van der Waals surface area contributed by atoms with Crippen LogP contribution < -0.4 is 10.5 Å². The quantitative estimate of drug-likeness (QED) is 0.904. The molecule has 0 unspecified atom stereocenters. The minimum atomic E-state index is -0.142. The fourth-order valence-electron chi connectivity index (χ4n) is 2.05. The first-order valence-corrected chi connectivity index (χ1v) is 7.40. The van der Waals surface area contributed by atoms with Crippen molar-refractivity contribution >= 4 is 21.8 Å². The lowest BCUT2D eigenvalue weighted by atomic mass is 10.1. The summed E-state index contributed by atoms with van der Waals surface area (Å²) in [5.41, 5.74) is 6.80. The standard InChI is InChI=1S/C14H19BrN2O3/c1-10(16)12-3-2-11(15)8-13(12)20-9-14(18)17-4-6-19-7-5-17/h2-3,8,10H,4-7,9,16H2,1H3/t10-/m1/s1. The SMILES string of the molecule is C[C@@H](N)c1ccc(Br)cc1OCC(=O)N1CCOCC1. The molecule has 6 heteroatoms. The molecule has 20 heavy (non-hydrogen) atoms. The average Bonchev–Trinajstić information content (AvgIpc) is 2.45. The molecule has 0 aliphatic carbocycles. The van der Waals surface area contributed by atoms with Crippen LogP contribution in [0.4, 0.5) is 0 Å². The number of amides is 1. The summed E-state index contributed by atoms with van der Waals surface area (Å²) >= 11 is 3.40. The van der Waals surface area contributed by atoms with Crippen molar-refractivity contribution in [3.8, 4) is 5.75 Å². The van der Waals surface area contributed by atoms with E-state index in [1.54, 1.807) is 4.90 Å². The minimum Gasteiger partial charge on any atom is -0.483 e. The second-order valence-electron chi connectivity index (χ2n) is 4.75. The van der Waals surface area contributed by atoms with Gasteiger partial charge in [0.15, 0.2) is 6.61 Å². The van der Waals surface area contributed by atoms with Gasteiger partial charge < -0.3 is 20.1 Å². The van der Waals surface area contributed by atoms with Gasteiger partial charge in [-0.1, -0.05) is 22.0 Å². The van der Waals surface area contributed by atoms with Crippen LogP contribution in [-0.4, -0.2) is 43.7 Å². The van der Waals surface area contributed by atoms with Crippen molar-refractivity contribution in [3.05, 3.63) is 28.2 Å². The van der Waals surface area contributed by atoms with Crippen LogP contribution in [0.3, 0.4) is 0 Å². The van der Waals surface area contributed by atoms with Crippen LogP contribution in [0.15, 0.2) is 22.7 Å². The van der Waals surface area contributed by atoms with Gasteiger partial charge in [0.1, 0.15) is 5.75 Å². The third-order valence-corrected chi connectivity index (χ3v) is 3.67. The minimum absolute atomic E-state index is 0.0240. The lowest BCUT2D eigenvalue weighted by Crippen LogP contribution is -2.43. The lowest BCUT2D eigenvalue weighted by molar-refractivity contribution is -0.137. The maximum Gasteiger partial charge on any atom is 0.260 e. The van der Waals surface area contributed by atoms with Crippen molar-refractivity contribution in [3.63, 3.8) is 0 Å². The zero-order chi connectivity index (χ0) is 14.5. The molecule has 1 heterocycles. The van der Waals surface area contributed by atoms with E-state index in [2.05, 4.69) is 15.9 Å².